The van der Waals surface area contributed by atoms with Crippen LogP contribution in [0.2, 0.25) is 0 Å². The Morgan fingerprint density at radius 2 is 1.89 bits per heavy atom. The van der Waals surface area contributed by atoms with Gasteiger partial charge in [-0.2, -0.15) is 0 Å². The van der Waals surface area contributed by atoms with Crippen LogP contribution in [0.4, 0.5) is 0 Å². The zero-order valence-corrected chi connectivity index (χ0v) is 11.9. The highest BCUT2D eigenvalue weighted by atomic mass is 16.3. The van der Waals surface area contributed by atoms with E-state index in [0.717, 1.165) is 11.3 Å². The lowest BCUT2D eigenvalue weighted by atomic mass is 9.82. The minimum Gasteiger partial charge on any atom is -0.459 e. The molecule has 1 saturated carbocycles. The molecule has 2 heteroatoms. The van der Waals surface area contributed by atoms with Crippen molar-refractivity contribution in [1.29, 1.82) is 0 Å². The second-order valence-electron chi connectivity index (χ2n) is 6.01. The number of furan rings is 1. The van der Waals surface area contributed by atoms with Crippen LogP contribution in [-0.4, -0.2) is 0 Å². The van der Waals surface area contributed by atoms with Crippen LogP contribution >= 0.6 is 0 Å². The highest BCUT2D eigenvalue weighted by Gasteiger charge is 2.26. The molecule has 0 radical (unpaired) electrons. The van der Waals surface area contributed by atoms with Crippen molar-refractivity contribution >= 4 is 11.0 Å². The van der Waals surface area contributed by atoms with Gasteiger partial charge in [0, 0.05) is 5.39 Å². The maximum atomic E-state index is 6.48. The van der Waals surface area contributed by atoms with Gasteiger partial charge in [-0.05, 0) is 49.8 Å². The highest BCUT2D eigenvalue weighted by Crippen LogP contribution is 2.37. The molecule has 2 nitrogen and oxygen atoms in total. The molecule has 1 fully saturated rings. The molecule has 1 atom stereocenters. The fourth-order valence-electron chi connectivity index (χ4n) is 3.38. The van der Waals surface area contributed by atoms with Crippen LogP contribution in [0.15, 0.2) is 22.6 Å². The quantitative estimate of drug-likeness (QED) is 0.852. The summed E-state index contributed by atoms with van der Waals surface area (Å²) in [5.41, 5.74) is 9.93. The molecule has 1 aromatic carbocycles. The molecule has 3 rings (SSSR count). The van der Waals surface area contributed by atoms with E-state index in [1.165, 1.54) is 48.6 Å². The number of aryl methyl sites for hydroxylation is 2. The van der Waals surface area contributed by atoms with Crippen LogP contribution in [0.5, 0.6) is 0 Å². The number of hydrogen-bond acceptors (Lipinski definition) is 2. The maximum Gasteiger partial charge on any atom is 0.134 e. The van der Waals surface area contributed by atoms with E-state index in [4.69, 9.17) is 10.2 Å². The standard InChI is InChI=1S/C17H23NO/c1-11-8-9-14-12(2)17(19-15(14)10-11)16(18)13-6-4-3-5-7-13/h8-10,13,16H,3-7,18H2,1-2H3. The van der Waals surface area contributed by atoms with Gasteiger partial charge in [-0.1, -0.05) is 31.4 Å². The molecular formula is C17H23NO. The predicted molar refractivity (Wildman–Crippen MR) is 79.2 cm³/mol. The molecular weight excluding hydrogens is 234 g/mol. The molecule has 2 aromatic rings. The Bertz CT molecular complexity index is 578. The first-order chi connectivity index (χ1) is 9.16. The lowest BCUT2D eigenvalue weighted by Gasteiger charge is -2.26. The molecule has 1 aliphatic carbocycles. The highest BCUT2D eigenvalue weighted by molar-refractivity contribution is 5.82. The van der Waals surface area contributed by atoms with Crippen molar-refractivity contribution in [1.82, 2.24) is 0 Å². The summed E-state index contributed by atoms with van der Waals surface area (Å²) < 4.78 is 6.07. The molecule has 102 valence electrons. The third kappa shape index (κ3) is 2.30. The maximum absolute atomic E-state index is 6.48. The smallest absolute Gasteiger partial charge is 0.134 e. The number of hydrogen-bond donors (Lipinski definition) is 1. The van der Waals surface area contributed by atoms with Crippen molar-refractivity contribution in [2.75, 3.05) is 0 Å². The predicted octanol–water partition coefficient (Wildman–Crippen LogP) is 4.63. The fourth-order valence-corrected chi connectivity index (χ4v) is 3.38. The molecule has 1 heterocycles. The van der Waals surface area contributed by atoms with Crippen LogP contribution in [0, 0.1) is 19.8 Å². The van der Waals surface area contributed by atoms with E-state index in [1.807, 2.05) is 0 Å². The van der Waals surface area contributed by atoms with Gasteiger partial charge in [0.1, 0.15) is 11.3 Å². The van der Waals surface area contributed by atoms with E-state index in [9.17, 15) is 0 Å². The van der Waals surface area contributed by atoms with Crippen LogP contribution in [-0.2, 0) is 0 Å². The fraction of sp³-hybridized carbons (Fsp3) is 0.529. The first-order valence-electron chi connectivity index (χ1n) is 7.42. The normalized spacial score (nSPS) is 18.9. The minimum atomic E-state index is 0.0630. The molecule has 0 aliphatic heterocycles. The van der Waals surface area contributed by atoms with Crippen LogP contribution < -0.4 is 5.73 Å². The number of benzene rings is 1. The van der Waals surface area contributed by atoms with Gasteiger partial charge in [0.15, 0.2) is 0 Å². The van der Waals surface area contributed by atoms with E-state index < -0.39 is 0 Å². The van der Waals surface area contributed by atoms with E-state index in [2.05, 4.69) is 32.0 Å². The van der Waals surface area contributed by atoms with Crippen LogP contribution in [0.1, 0.15) is 55.0 Å². The summed E-state index contributed by atoms with van der Waals surface area (Å²) in [4.78, 5) is 0. The van der Waals surface area contributed by atoms with E-state index in [-0.39, 0.29) is 6.04 Å². The van der Waals surface area contributed by atoms with Gasteiger partial charge < -0.3 is 10.2 Å². The Morgan fingerprint density at radius 3 is 2.63 bits per heavy atom. The van der Waals surface area contributed by atoms with Crippen molar-refractivity contribution in [2.24, 2.45) is 11.7 Å². The van der Waals surface area contributed by atoms with Gasteiger partial charge in [0.05, 0.1) is 6.04 Å². The first-order valence-corrected chi connectivity index (χ1v) is 7.42. The molecule has 0 amide bonds. The summed E-state index contributed by atoms with van der Waals surface area (Å²) in [5, 5.41) is 1.21. The molecule has 19 heavy (non-hydrogen) atoms. The van der Waals surface area contributed by atoms with Gasteiger partial charge in [-0.3, -0.25) is 0 Å². The molecule has 0 saturated heterocycles. The number of rotatable bonds is 2. The van der Waals surface area contributed by atoms with Crippen LogP contribution in [0.25, 0.3) is 11.0 Å². The first kappa shape index (κ1) is 12.7. The average Bonchev–Trinajstić information content (AvgIpc) is 2.75. The lowest BCUT2D eigenvalue weighted by Crippen LogP contribution is -2.23. The zero-order chi connectivity index (χ0) is 13.4. The number of nitrogens with two attached hydrogens (primary N) is 1. The SMILES string of the molecule is Cc1ccc2c(C)c(C(N)C3CCCCC3)oc2c1. The van der Waals surface area contributed by atoms with Crippen molar-refractivity contribution in [2.45, 2.75) is 52.0 Å². The molecule has 1 aromatic heterocycles. The third-order valence-electron chi connectivity index (χ3n) is 4.59. The van der Waals surface area contributed by atoms with E-state index in [1.54, 1.807) is 0 Å². The van der Waals surface area contributed by atoms with Gasteiger partial charge in [-0.15, -0.1) is 0 Å². The Labute approximate surface area is 115 Å². The third-order valence-corrected chi connectivity index (χ3v) is 4.59. The Morgan fingerprint density at radius 1 is 1.16 bits per heavy atom. The lowest BCUT2D eigenvalue weighted by molar-refractivity contribution is 0.283. The molecule has 2 N–H and O–H groups in total. The molecule has 0 bridgehead atoms. The largest absolute Gasteiger partial charge is 0.459 e. The van der Waals surface area contributed by atoms with Crippen molar-refractivity contribution in [3.63, 3.8) is 0 Å². The van der Waals surface area contributed by atoms with Gasteiger partial charge in [-0.25, -0.2) is 0 Å². The average molecular weight is 257 g/mol. The topological polar surface area (TPSA) is 39.2 Å². The number of fused-ring (bicyclic) bond motifs is 1. The summed E-state index contributed by atoms with van der Waals surface area (Å²) in [5.74, 6) is 1.60. The van der Waals surface area contributed by atoms with Gasteiger partial charge >= 0.3 is 0 Å². The van der Waals surface area contributed by atoms with Crippen molar-refractivity contribution in [3.8, 4) is 0 Å². The summed E-state index contributed by atoms with van der Waals surface area (Å²) in [7, 11) is 0. The monoisotopic (exact) mass is 257 g/mol. The van der Waals surface area contributed by atoms with Gasteiger partial charge in [0.25, 0.3) is 0 Å². The van der Waals surface area contributed by atoms with Crippen LogP contribution in [0.3, 0.4) is 0 Å². The second kappa shape index (κ2) is 5.01. The van der Waals surface area contributed by atoms with Crippen molar-refractivity contribution < 1.29 is 4.42 Å². The van der Waals surface area contributed by atoms with Gasteiger partial charge in [0.2, 0.25) is 0 Å². The Hall–Kier alpha value is -1.28. The minimum absolute atomic E-state index is 0.0630. The zero-order valence-electron chi connectivity index (χ0n) is 11.9. The van der Waals surface area contributed by atoms with E-state index in [0.29, 0.717) is 5.92 Å². The Kier molecular flexibility index (Phi) is 3.36. The van der Waals surface area contributed by atoms with E-state index >= 15 is 0 Å². The van der Waals surface area contributed by atoms with Crippen molar-refractivity contribution in [3.05, 3.63) is 35.1 Å². The Balaban J connectivity index is 1.97. The molecule has 1 aliphatic rings. The summed E-state index contributed by atoms with van der Waals surface area (Å²) >= 11 is 0. The summed E-state index contributed by atoms with van der Waals surface area (Å²) in [6, 6.07) is 6.47. The summed E-state index contributed by atoms with van der Waals surface area (Å²) in [6.07, 6.45) is 6.49. The summed E-state index contributed by atoms with van der Waals surface area (Å²) in [6.45, 7) is 4.23. The molecule has 0 spiro atoms. The molecule has 1 unspecified atom stereocenters. The second-order valence-corrected chi connectivity index (χ2v) is 6.01.